The van der Waals surface area contributed by atoms with E-state index in [1.165, 1.54) is 22.8 Å². The minimum absolute atomic E-state index is 0.108. The predicted octanol–water partition coefficient (Wildman–Crippen LogP) is 0.769. The van der Waals surface area contributed by atoms with Gasteiger partial charge in [-0.3, -0.25) is 9.88 Å². The molecule has 6 nitrogen and oxygen atoms in total. The Morgan fingerprint density at radius 3 is 2.55 bits per heavy atom. The van der Waals surface area contributed by atoms with E-state index in [1.807, 2.05) is 0 Å². The van der Waals surface area contributed by atoms with Crippen molar-refractivity contribution in [1.29, 1.82) is 0 Å². The van der Waals surface area contributed by atoms with Crippen molar-refractivity contribution in [2.75, 3.05) is 31.9 Å². The van der Waals surface area contributed by atoms with Gasteiger partial charge in [-0.05, 0) is 19.4 Å². The highest BCUT2D eigenvalue weighted by Gasteiger charge is 2.30. The summed E-state index contributed by atoms with van der Waals surface area (Å²) < 4.78 is 26.6. The van der Waals surface area contributed by atoms with Crippen molar-refractivity contribution in [3.63, 3.8) is 0 Å². The molecule has 0 saturated carbocycles. The summed E-state index contributed by atoms with van der Waals surface area (Å²) in [6, 6.07) is 2.01. The zero-order valence-corrected chi connectivity index (χ0v) is 12.8. The number of piperazine rings is 1. The van der Waals surface area contributed by atoms with Crippen molar-refractivity contribution in [1.82, 2.24) is 14.2 Å². The van der Waals surface area contributed by atoms with E-state index in [2.05, 4.69) is 23.7 Å². The Morgan fingerprint density at radius 2 is 2.00 bits per heavy atom. The molecule has 0 bridgehead atoms. The van der Waals surface area contributed by atoms with E-state index >= 15 is 0 Å². The molecule has 0 spiro atoms. The van der Waals surface area contributed by atoms with E-state index in [0.717, 1.165) is 19.5 Å². The van der Waals surface area contributed by atoms with Gasteiger partial charge in [0.25, 0.3) is 0 Å². The largest absolute Gasteiger partial charge is 0.398 e. The maximum absolute atomic E-state index is 12.5. The molecule has 0 radical (unpaired) electrons. The first-order valence-corrected chi connectivity index (χ1v) is 8.34. The summed E-state index contributed by atoms with van der Waals surface area (Å²) >= 11 is 0. The molecule has 1 atom stereocenters. The topological polar surface area (TPSA) is 79.5 Å². The van der Waals surface area contributed by atoms with Gasteiger partial charge in [-0.1, -0.05) is 6.92 Å². The molecule has 20 heavy (non-hydrogen) atoms. The Labute approximate surface area is 120 Å². The van der Waals surface area contributed by atoms with Crippen LogP contribution in [0.1, 0.15) is 20.3 Å². The summed E-state index contributed by atoms with van der Waals surface area (Å²) in [5.74, 6) is 0. The van der Waals surface area contributed by atoms with Crippen LogP contribution in [0.5, 0.6) is 0 Å². The SMILES string of the molecule is CCC(C)N1CCN(S(=O)(=O)c2cnccc2N)CC1. The van der Waals surface area contributed by atoms with Crippen LogP contribution < -0.4 is 5.73 Å². The van der Waals surface area contributed by atoms with Crippen molar-refractivity contribution >= 4 is 15.7 Å². The van der Waals surface area contributed by atoms with Crippen LogP contribution in [0, 0.1) is 0 Å². The van der Waals surface area contributed by atoms with Gasteiger partial charge in [-0.2, -0.15) is 4.31 Å². The Bertz CT molecular complexity index is 553. The number of pyridine rings is 1. The Hall–Kier alpha value is -1.18. The van der Waals surface area contributed by atoms with Crippen LogP contribution in [-0.2, 0) is 10.0 Å². The van der Waals surface area contributed by atoms with Crippen molar-refractivity contribution < 1.29 is 8.42 Å². The third-order valence-electron chi connectivity index (χ3n) is 3.92. The van der Waals surface area contributed by atoms with Crippen molar-refractivity contribution in [3.05, 3.63) is 18.5 Å². The predicted molar refractivity (Wildman–Crippen MR) is 78.7 cm³/mol. The van der Waals surface area contributed by atoms with Gasteiger partial charge in [-0.15, -0.1) is 0 Å². The molecule has 1 aliphatic heterocycles. The van der Waals surface area contributed by atoms with Gasteiger partial charge in [0, 0.05) is 44.6 Å². The number of aromatic nitrogens is 1. The second-order valence-corrected chi connectivity index (χ2v) is 7.02. The average molecular weight is 298 g/mol. The molecule has 2 rings (SSSR count). The van der Waals surface area contributed by atoms with Crippen molar-refractivity contribution in [2.45, 2.75) is 31.2 Å². The number of hydrogen-bond acceptors (Lipinski definition) is 5. The number of nitrogens with zero attached hydrogens (tertiary/aromatic N) is 3. The van der Waals surface area contributed by atoms with Gasteiger partial charge < -0.3 is 5.73 Å². The van der Waals surface area contributed by atoms with Gasteiger partial charge in [0.05, 0.1) is 5.69 Å². The molecule has 2 N–H and O–H groups in total. The van der Waals surface area contributed by atoms with Crippen LogP contribution in [0.2, 0.25) is 0 Å². The average Bonchev–Trinajstić information content (AvgIpc) is 2.47. The van der Waals surface area contributed by atoms with Crippen LogP contribution >= 0.6 is 0 Å². The van der Waals surface area contributed by atoms with Crippen molar-refractivity contribution in [3.8, 4) is 0 Å². The lowest BCUT2D eigenvalue weighted by atomic mass is 10.2. The van der Waals surface area contributed by atoms with Gasteiger partial charge >= 0.3 is 0 Å². The van der Waals surface area contributed by atoms with E-state index in [0.29, 0.717) is 19.1 Å². The summed E-state index contributed by atoms with van der Waals surface area (Å²) in [6.07, 6.45) is 3.89. The highest BCUT2D eigenvalue weighted by Crippen LogP contribution is 2.22. The molecule has 0 aromatic carbocycles. The number of rotatable bonds is 4. The van der Waals surface area contributed by atoms with E-state index < -0.39 is 10.0 Å². The third kappa shape index (κ3) is 2.94. The lowest BCUT2D eigenvalue weighted by Gasteiger charge is -2.37. The lowest BCUT2D eigenvalue weighted by molar-refractivity contribution is 0.142. The Balaban J connectivity index is 2.12. The molecule has 1 aromatic rings. The molecular weight excluding hydrogens is 276 g/mol. The van der Waals surface area contributed by atoms with E-state index in [4.69, 9.17) is 5.73 Å². The number of nitrogens with two attached hydrogens (primary N) is 1. The van der Waals surface area contributed by atoms with Crippen LogP contribution in [0.4, 0.5) is 5.69 Å². The normalized spacial score (nSPS) is 19.9. The number of anilines is 1. The molecule has 2 heterocycles. The quantitative estimate of drug-likeness (QED) is 0.888. The van der Waals surface area contributed by atoms with Crippen LogP contribution in [0.3, 0.4) is 0 Å². The summed E-state index contributed by atoms with van der Waals surface area (Å²) in [7, 11) is -3.53. The molecule has 112 valence electrons. The fourth-order valence-corrected chi connectivity index (χ4v) is 3.87. The summed E-state index contributed by atoms with van der Waals surface area (Å²) in [6.45, 7) is 6.83. The number of nitrogen functional groups attached to an aromatic ring is 1. The Kier molecular flexibility index (Phi) is 4.62. The highest BCUT2D eigenvalue weighted by molar-refractivity contribution is 7.89. The first kappa shape index (κ1) is 15.2. The van der Waals surface area contributed by atoms with Gasteiger partial charge in [0.1, 0.15) is 4.90 Å². The summed E-state index contributed by atoms with van der Waals surface area (Å²) in [5.41, 5.74) is 6.01. The second-order valence-electron chi connectivity index (χ2n) is 5.11. The molecule has 1 aromatic heterocycles. The second kappa shape index (κ2) is 6.07. The monoisotopic (exact) mass is 298 g/mol. The molecule has 1 aliphatic rings. The van der Waals surface area contributed by atoms with Crippen LogP contribution in [-0.4, -0.2) is 54.8 Å². The van der Waals surface area contributed by atoms with Crippen molar-refractivity contribution in [2.24, 2.45) is 0 Å². The third-order valence-corrected chi connectivity index (χ3v) is 5.86. The number of hydrogen-bond donors (Lipinski definition) is 1. The van der Waals surface area contributed by atoms with E-state index in [1.54, 1.807) is 0 Å². The number of sulfonamides is 1. The summed E-state index contributed by atoms with van der Waals surface area (Å²) in [5, 5.41) is 0. The van der Waals surface area contributed by atoms with Crippen LogP contribution in [0.25, 0.3) is 0 Å². The summed E-state index contributed by atoms with van der Waals surface area (Å²) in [4.78, 5) is 6.29. The zero-order chi connectivity index (χ0) is 14.8. The van der Waals surface area contributed by atoms with E-state index in [-0.39, 0.29) is 10.6 Å². The fraction of sp³-hybridized carbons (Fsp3) is 0.615. The maximum Gasteiger partial charge on any atom is 0.246 e. The minimum Gasteiger partial charge on any atom is -0.398 e. The molecule has 1 saturated heterocycles. The maximum atomic E-state index is 12.5. The lowest BCUT2D eigenvalue weighted by Crippen LogP contribution is -2.51. The first-order chi connectivity index (χ1) is 9.46. The van der Waals surface area contributed by atoms with Gasteiger partial charge in [-0.25, -0.2) is 8.42 Å². The molecule has 1 unspecified atom stereocenters. The highest BCUT2D eigenvalue weighted by atomic mass is 32.2. The van der Waals surface area contributed by atoms with Gasteiger partial charge in [0.2, 0.25) is 10.0 Å². The zero-order valence-electron chi connectivity index (χ0n) is 12.0. The molecular formula is C13H22N4O2S. The first-order valence-electron chi connectivity index (χ1n) is 6.90. The van der Waals surface area contributed by atoms with Gasteiger partial charge in [0.15, 0.2) is 0 Å². The molecule has 1 fully saturated rings. The smallest absolute Gasteiger partial charge is 0.246 e. The molecule has 0 amide bonds. The van der Waals surface area contributed by atoms with Crippen LogP contribution in [0.15, 0.2) is 23.4 Å². The standard InChI is InChI=1S/C13H22N4O2S/c1-3-11(2)16-6-8-17(9-7-16)20(18,19)13-10-15-5-4-12(13)14/h4-5,10-11H,3,6-9H2,1-2H3,(H2,14,15). The molecule has 7 heteroatoms. The Morgan fingerprint density at radius 1 is 1.35 bits per heavy atom. The fourth-order valence-electron chi connectivity index (χ4n) is 2.39. The molecule has 0 aliphatic carbocycles. The minimum atomic E-state index is -3.53. The van der Waals surface area contributed by atoms with E-state index in [9.17, 15) is 8.42 Å².